The molecule has 0 radical (unpaired) electrons. The van der Waals surface area contributed by atoms with Gasteiger partial charge in [0.2, 0.25) is 5.95 Å². The number of H-pyrrole nitrogens is 2. The van der Waals surface area contributed by atoms with Crippen molar-refractivity contribution in [2.75, 3.05) is 30.4 Å². The lowest BCUT2D eigenvalue weighted by atomic mass is 10.1. The Morgan fingerprint density at radius 3 is 2.85 bits per heavy atom. The topological polar surface area (TPSA) is 94.7 Å². The van der Waals surface area contributed by atoms with E-state index in [1.165, 1.54) is 16.5 Å². The van der Waals surface area contributed by atoms with Gasteiger partial charge < -0.3 is 19.9 Å². The molecule has 0 bridgehead atoms. The number of rotatable bonds is 7. The van der Waals surface area contributed by atoms with Gasteiger partial charge in [0.15, 0.2) is 5.65 Å². The van der Waals surface area contributed by atoms with Gasteiger partial charge in [-0.05, 0) is 35.7 Å². The van der Waals surface area contributed by atoms with Crippen LogP contribution in [0.5, 0.6) is 5.75 Å². The molecule has 0 atom stereocenters. The minimum absolute atomic E-state index is 0.620. The summed E-state index contributed by atoms with van der Waals surface area (Å²) in [6.45, 7) is 2.38. The van der Waals surface area contributed by atoms with Crippen LogP contribution >= 0.6 is 0 Å². The lowest BCUT2D eigenvalue weighted by Crippen LogP contribution is -2.29. The second kappa shape index (κ2) is 8.12. The third-order valence-electron chi connectivity index (χ3n) is 6.28. The molecule has 0 unspecified atom stereocenters. The highest BCUT2D eigenvalue weighted by Crippen LogP contribution is 2.32. The minimum atomic E-state index is 0.620. The predicted octanol–water partition coefficient (Wildman–Crippen LogP) is 4.06. The van der Waals surface area contributed by atoms with Gasteiger partial charge in [0.05, 0.1) is 18.2 Å². The molecule has 3 aromatic heterocycles. The van der Waals surface area contributed by atoms with Crippen molar-refractivity contribution in [3.05, 3.63) is 71.5 Å². The number of hydrogen-bond acceptors (Lipinski definition) is 6. The quantitative estimate of drug-likeness (QED) is 0.354. The van der Waals surface area contributed by atoms with E-state index in [1.807, 2.05) is 18.2 Å². The van der Waals surface area contributed by atoms with Crippen LogP contribution in [0.1, 0.15) is 16.8 Å². The van der Waals surface area contributed by atoms with Gasteiger partial charge >= 0.3 is 0 Å². The molecule has 6 rings (SSSR count). The molecular weight excluding hydrogens is 414 g/mol. The Kier molecular flexibility index (Phi) is 4.83. The van der Waals surface area contributed by atoms with Crippen LogP contribution in [0.25, 0.3) is 21.9 Å². The van der Waals surface area contributed by atoms with Crippen molar-refractivity contribution in [1.29, 1.82) is 0 Å². The van der Waals surface area contributed by atoms with Crippen LogP contribution in [0.15, 0.2) is 54.7 Å². The van der Waals surface area contributed by atoms with E-state index in [2.05, 4.69) is 61.9 Å². The zero-order valence-corrected chi connectivity index (χ0v) is 18.4. The van der Waals surface area contributed by atoms with Crippen LogP contribution in [-0.2, 0) is 19.4 Å². The van der Waals surface area contributed by atoms with E-state index in [-0.39, 0.29) is 0 Å². The molecule has 8 heteroatoms. The van der Waals surface area contributed by atoms with E-state index in [9.17, 15) is 0 Å². The van der Waals surface area contributed by atoms with E-state index in [0.717, 1.165) is 66.3 Å². The summed E-state index contributed by atoms with van der Waals surface area (Å²) in [5.74, 6) is 2.41. The number of fused-ring (bicyclic) bond motifs is 1. The summed E-state index contributed by atoms with van der Waals surface area (Å²) in [6.07, 6.45) is 3.84. The summed E-state index contributed by atoms with van der Waals surface area (Å²) >= 11 is 0. The fourth-order valence-electron chi connectivity index (χ4n) is 4.56. The summed E-state index contributed by atoms with van der Waals surface area (Å²) < 4.78 is 5.29. The molecule has 4 heterocycles. The Balaban J connectivity index is 1.23. The number of nitrogens with zero attached hydrogens (tertiary/aromatic N) is 4. The van der Waals surface area contributed by atoms with Gasteiger partial charge in [0.25, 0.3) is 0 Å². The Morgan fingerprint density at radius 2 is 1.97 bits per heavy atom. The third-order valence-corrected chi connectivity index (χ3v) is 6.28. The van der Waals surface area contributed by atoms with Crippen molar-refractivity contribution in [3.63, 3.8) is 0 Å². The van der Waals surface area contributed by atoms with Crippen molar-refractivity contribution in [2.24, 2.45) is 0 Å². The maximum atomic E-state index is 5.29. The Hall–Kier alpha value is -4.07. The normalized spacial score (nSPS) is 13.1. The molecule has 1 aliphatic heterocycles. The van der Waals surface area contributed by atoms with Gasteiger partial charge in [-0.15, -0.1) is 0 Å². The smallest absolute Gasteiger partial charge is 0.226 e. The lowest BCUT2D eigenvalue weighted by Gasteiger charge is -2.28. The minimum Gasteiger partial charge on any atom is -0.497 e. The van der Waals surface area contributed by atoms with Crippen LogP contribution in [0.2, 0.25) is 0 Å². The maximum absolute atomic E-state index is 5.29. The number of hydrogen-bond donors (Lipinski definition) is 3. The summed E-state index contributed by atoms with van der Waals surface area (Å²) in [5.41, 5.74) is 5.47. The number of methoxy groups -OCH3 is 1. The van der Waals surface area contributed by atoms with Crippen molar-refractivity contribution in [2.45, 2.75) is 19.4 Å². The summed E-state index contributed by atoms with van der Waals surface area (Å²) in [4.78, 5) is 15.2. The third kappa shape index (κ3) is 3.63. The molecule has 8 nitrogen and oxygen atoms in total. The summed E-state index contributed by atoms with van der Waals surface area (Å²) in [5, 5.41) is 13.3. The van der Waals surface area contributed by atoms with E-state index in [4.69, 9.17) is 14.7 Å². The molecule has 1 aliphatic rings. The number of nitrogens with one attached hydrogen (secondary N) is 3. The standard InChI is InChI=1S/C25H25N7O/c1-33-18-8-6-16(7-9-18)15-32-13-11-21-22-23(31-30-21)28-25(29-24(22)32)26-12-10-17-14-27-20-5-3-2-4-19(17)20/h2-9,14,27H,10-13,15H2,1H3,(H2,26,28,29,30,31). The van der Waals surface area contributed by atoms with Gasteiger partial charge in [-0.3, -0.25) is 5.10 Å². The first-order valence-electron chi connectivity index (χ1n) is 11.2. The van der Waals surface area contributed by atoms with Gasteiger partial charge in [-0.25, -0.2) is 0 Å². The van der Waals surface area contributed by atoms with Crippen molar-refractivity contribution in [3.8, 4) is 5.75 Å². The molecule has 5 aromatic rings. The molecule has 2 aromatic carbocycles. The van der Waals surface area contributed by atoms with Gasteiger partial charge in [-0.1, -0.05) is 30.3 Å². The molecule has 0 amide bonds. The van der Waals surface area contributed by atoms with Crippen LogP contribution in [0.3, 0.4) is 0 Å². The van der Waals surface area contributed by atoms with Crippen molar-refractivity contribution >= 4 is 33.7 Å². The molecule has 166 valence electrons. The Bertz CT molecular complexity index is 1420. The van der Waals surface area contributed by atoms with Crippen LogP contribution in [0, 0.1) is 0 Å². The number of para-hydroxylation sites is 1. The molecule has 33 heavy (non-hydrogen) atoms. The average molecular weight is 440 g/mol. The van der Waals surface area contributed by atoms with E-state index in [0.29, 0.717) is 5.95 Å². The number of benzene rings is 2. The van der Waals surface area contributed by atoms with Crippen molar-refractivity contribution in [1.82, 2.24) is 25.1 Å². The summed E-state index contributed by atoms with van der Waals surface area (Å²) in [7, 11) is 1.69. The number of anilines is 2. The largest absolute Gasteiger partial charge is 0.497 e. The molecule has 0 aliphatic carbocycles. The number of aromatic nitrogens is 5. The molecule has 3 N–H and O–H groups in total. The Labute approximate surface area is 191 Å². The second-order valence-electron chi connectivity index (χ2n) is 8.32. The summed E-state index contributed by atoms with van der Waals surface area (Å²) in [6, 6.07) is 16.6. The van der Waals surface area contributed by atoms with Crippen LogP contribution in [0.4, 0.5) is 11.8 Å². The SMILES string of the molecule is COc1ccc(CN2CCc3n[nH]c4nc(NCCc5c[nH]c6ccccc56)nc2c34)cc1. The van der Waals surface area contributed by atoms with Gasteiger partial charge in [0, 0.05) is 43.2 Å². The van der Waals surface area contributed by atoms with E-state index >= 15 is 0 Å². The Morgan fingerprint density at radius 1 is 1.09 bits per heavy atom. The molecular formula is C25H25N7O. The molecule has 0 saturated heterocycles. The van der Waals surface area contributed by atoms with Crippen molar-refractivity contribution < 1.29 is 4.74 Å². The number of aromatic amines is 2. The molecule has 0 fully saturated rings. The first-order chi connectivity index (χ1) is 16.3. The zero-order valence-electron chi connectivity index (χ0n) is 18.4. The highest BCUT2D eigenvalue weighted by atomic mass is 16.5. The highest BCUT2D eigenvalue weighted by Gasteiger charge is 2.25. The monoisotopic (exact) mass is 439 g/mol. The molecule has 0 saturated carbocycles. The average Bonchev–Trinajstić information content (AvgIpc) is 3.46. The highest BCUT2D eigenvalue weighted by molar-refractivity contribution is 5.91. The fraction of sp³-hybridized carbons (Fsp3) is 0.240. The zero-order chi connectivity index (χ0) is 22.2. The van der Waals surface area contributed by atoms with Crippen LogP contribution in [-0.4, -0.2) is 45.3 Å². The molecule has 0 spiro atoms. The van der Waals surface area contributed by atoms with Gasteiger partial charge in [0.1, 0.15) is 11.6 Å². The first kappa shape index (κ1) is 19.6. The van der Waals surface area contributed by atoms with Gasteiger partial charge in [-0.2, -0.15) is 15.1 Å². The van der Waals surface area contributed by atoms with E-state index in [1.54, 1.807) is 7.11 Å². The van der Waals surface area contributed by atoms with Crippen LogP contribution < -0.4 is 15.0 Å². The first-order valence-corrected chi connectivity index (χ1v) is 11.2. The van der Waals surface area contributed by atoms with E-state index < -0.39 is 0 Å². The lowest BCUT2D eigenvalue weighted by molar-refractivity contribution is 0.414. The predicted molar refractivity (Wildman–Crippen MR) is 130 cm³/mol. The fourth-order valence-corrected chi connectivity index (χ4v) is 4.56. The second-order valence-corrected chi connectivity index (χ2v) is 8.32. The maximum Gasteiger partial charge on any atom is 0.226 e. The number of ether oxygens (including phenoxy) is 1.